The predicted molar refractivity (Wildman–Crippen MR) is 127 cm³/mol. The van der Waals surface area contributed by atoms with Crippen molar-refractivity contribution < 1.29 is 4.79 Å². The quantitative estimate of drug-likeness (QED) is 0.296. The zero-order chi connectivity index (χ0) is 21.5. The van der Waals surface area contributed by atoms with Gasteiger partial charge < -0.3 is 10.6 Å². The first-order valence-electron chi connectivity index (χ1n) is 11.1. The Hall–Kier alpha value is -3.87. The van der Waals surface area contributed by atoms with E-state index in [1.54, 1.807) is 12.4 Å². The Bertz CT molecular complexity index is 1490. The van der Waals surface area contributed by atoms with Gasteiger partial charge in [-0.05, 0) is 55.3 Å². The Morgan fingerprint density at radius 1 is 0.781 bits per heavy atom. The molecule has 3 heterocycles. The molecule has 2 aromatic carbocycles. The van der Waals surface area contributed by atoms with E-state index in [0.717, 1.165) is 56.7 Å². The van der Waals surface area contributed by atoms with Crippen LogP contribution in [0.3, 0.4) is 0 Å². The summed E-state index contributed by atoms with van der Waals surface area (Å²) in [6.07, 6.45) is 9.25. The Morgan fingerprint density at radius 3 is 2.12 bits per heavy atom. The second-order valence-corrected chi connectivity index (χ2v) is 8.36. The average molecular weight is 422 g/mol. The highest BCUT2D eigenvalue weighted by atomic mass is 16.2. The van der Waals surface area contributed by atoms with Gasteiger partial charge in [0.15, 0.2) is 0 Å². The third kappa shape index (κ3) is 3.26. The molecule has 1 aliphatic rings. The molecule has 0 spiro atoms. The normalized spacial score (nSPS) is 14.9. The van der Waals surface area contributed by atoms with Crippen LogP contribution < -0.4 is 10.6 Å². The lowest BCUT2D eigenvalue weighted by Crippen LogP contribution is -2.39. The van der Waals surface area contributed by atoms with Gasteiger partial charge in [0.05, 0.1) is 33.1 Å². The van der Waals surface area contributed by atoms with Crippen LogP contribution in [-0.2, 0) is 0 Å². The Labute approximate surface area is 184 Å². The molecule has 1 aliphatic carbocycles. The average Bonchev–Trinajstić information content (AvgIpc) is 2.84. The summed E-state index contributed by atoms with van der Waals surface area (Å²) in [4.78, 5) is 31.4. The van der Waals surface area contributed by atoms with E-state index in [2.05, 4.69) is 20.6 Å². The number of nitrogens with zero attached hydrogens (tertiary/aromatic N) is 4. The molecule has 6 rings (SSSR count). The van der Waals surface area contributed by atoms with Gasteiger partial charge in [-0.1, -0.05) is 19.3 Å². The van der Waals surface area contributed by atoms with Crippen molar-refractivity contribution in [3.8, 4) is 0 Å². The minimum absolute atomic E-state index is 0.170. The summed E-state index contributed by atoms with van der Waals surface area (Å²) in [6.45, 7) is 0. The molecule has 0 radical (unpaired) electrons. The molecule has 0 aliphatic heterocycles. The molecule has 32 heavy (non-hydrogen) atoms. The molecule has 0 unspecified atom stereocenters. The molecule has 0 bridgehead atoms. The lowest BCUT2D eigenvalue weighted by Gasteiger charge is -2.22. The number of aromatic nitrogens is 4. The standard InChI is InChI=1S/C25H22N6O/c32-25(28-15-6-2-1-3-7-15)29-16-10-11-19-20(14-16)31-24-18-9-5-13-27-22(18)21-17(23(24)30-19)8-4-12-26-21/h4-5,8-15H,1-3,6-7H2,(H2,28,29,32). The highest BCUT2D eigenvalue weighted by molar-refractivity contribution is 6.21. The summed E-state index contributed by atoms with van der Waals surface area (Å²) in [6, 6.07) is 13.5. The summed E-state index contributed by atoms with van der Waals surface area (Å²) in [7, 11) is 0. The number of pyridine rings is 2. The molecular weight excluding hydrogens is 400 g/mol. The lowest BCUT2D eigenvalue weighted by molar-refractivity contribution is 0.244. The lowest BCUT2D eigenvalue weighted by atomic mass is 9.96. The maximum absolute atomic E-state index is 12.5. The van der Waals surface area contributed by atoms with Crippen LogP contribution in [0.5, 0.6) is 0 Å². The molecule has 1 fully saturated rings. The van der Waals surface area contributed by atoms with Crippen molar-refractivity contribution in [2.75, 3.05) is 5.32 Å². The number of benzene rings is 2. The smallest absolute Gasteiger partial charge is 0.319 e. The van der Waals surface area contributed by atoms with Crippen LogP contribution >= 0.6 is 0 Å². The van der Waals surface area contributed by atoms with E-state index in [4.69, 9.17) is 9.97 Å². The van der Waals surface area contributed by atoms with Crippen molar-refractivity contribution in [1.82, 2.24) is 25.3 Å². The molecule has 7 heteroatoms. The first-order chi connectivity index (χ1) is 15.8. The minimum atomic E-state index is -0.170. The van der Waals surface area contributed by atoms with Gasteiger partial charge in [0.25, 0.3) is 0 Å². The number of carbonyl (C=O) groups excluding carboxylic acids is 1. The SMILES string of the molecule is O=C(Nc1ccc2nc3c4cccnc4c4ncccc4c3nc2c1)NC1CCCCC1. The van der Waals surface area contributed by atoms with Gasteiger partial charge in [-0.2, -0.15) is 0 Å². The van der Waals surface area contributed by atoms with Gasteiger partial charge in [0, 0.05) is 34.9 Å². The number of amides is 2. The largest absolute Gasteiger partial charge is 0.335 e. The van der Waals surface area contributed by atoms with Gasteiger partial charge in [0.1, 0.15) is 0 Å². The maximum atomic E-state index is 12.5. The number of rotatable bonds is 2. The molecule has 2 N–H and O–H groups in total. The first kappa shape index (κ1) is 18.9. The minimum Gasteiger partial charge on any atom is -0.335 e. The summed E-state index contributed by atoms with van der Waals surface area (Å²) in [5.74, 6) is 0. The van der Waals surface area contributed by atoms with Crippen molar-refractivity contribution in [2.24, 2.45) is 0 Å². The second kappa shape index (κ2) is 7.67. The maximum Gasteiger partial charge on any atom is 0.319 e. The zero-order valence-corrected chi connectivity index (χ0v) is 17.5. The fraction of sp³-hybridized carbons (Fsp3) is 0.240. The number of nitrogens with one attached hydrogen (secondary N) is 2. The zero-order valence-electron chi connectivity index (χ0n) is 17.5. The Kier molecular flexibility index (Phi) is 4.52. The highest BCUT2D eigenvalue weighted by Gasteiger charge is 2.17. The van der Waals surface area contributed by atoms with Crippen LogP contribution in [0.4, 0.5) is 10.5 Å². The van der Waals surface area contributed by atoms with E-state index in [9.17, 15) is 4.79 Å². The summed E-state index contributed by atoms with van der Waals surface area (Å²) in [5.41, 5.74) is 5.41. The molecule has 2 amide bonds. The fourth-order valence-corrected chi connectivity index (χ4v) is 4.68. The van der Waals surface area contributed by atoms with Gasteiger partial charge in [-0.25, -0.2) is 14.8 Å². The fourth-order valence-electron chi connectivity index (χ4n) is 4.68. The predicted octanol–water partition coefficient (Wildman–Crippen LogP) is 5.33. The third-order valence-corrected chi connectivity index (χ3v) is 6.21. The van der Waals surface area contributed by atoms with Gasteiger partial charge in [0.2, 0.25) is 0 Å². The number of fused-ring (bicyclic) bond motifs is 7. The molecule has 5 aromatic rings. The molecule has 1 saturated carbocycles. The van der Waals surface area contributed by atoms with E-state index >= 15 is 0 Å². The number of hydrogen-bond acceptors (Lipinski definition) is 5. The van der Waals surface area contributed by atoms with Crippen molar-refractivity contribution in [2.45, 2.75) is 38.1 Å². The van der Waals surface area contributed by atoms with Crippen LogP contribution in [0, 0.1) is 0 Å². The van der Waals surface area contributed by atoms with E-state index in [1.165, 1.54) is 19.3 Å². The van der Waals surface area contributed by atoms with Gasteiger partial charge in [-0.15, -0.1) is 0 Å². The van der Waals surface area contributed by atoms with Crippen LogP contribution in [0.15, 0.2) is 54.9 Å². The number of anilines is 1. The van der Waals surface area contributed by atoms with Crippen LogP contribution in [0.2, 0.25) is 0 Å². The molecule has 3 aromatic heterocycles. The van der Waals surface area contributed by atoms with Crippen LogP contribution in [0.25, 0.3) is 43.9 Å². The summed E-state index contributed by atoms with van der Waals surface area (Å²) in [5, 5.41) is 7.89. The van der Waals surface area contributed by atoms with E-state index in [1.807, 2.05) is 42.5 Å². The van der Waals surface area contributed by atoms with E-state index in [0.29, 0.717) is 5.69 Å². The van der Waals surface area contributed by atoms with Gasteiger partial charge in [-0.3, -0.25) is 9.97 Å². The number of carbonyl (C=O) groups is 1. The van der Waals surface area contributed by atoms with Crippen LogP contribution in [0.1, 0.15) is 32.1 Å². The topological polar surface area (TPSA) is 92.7 Å². The molecule has 7 nitrogen and oxygen atoms in total. The van der Waals surface area contributed by atoms with Crippen molar-refractivity contribution in [3.63, 3.8) is 0 Å². The molecule has 0 atom stereocenters. The summed E-state index contributed by atoms with van der Waals surface area (Å²) >= 11 is 0. The van der Waals surface area contributed by atoms with E-state index < -0.39 is 0 Å². The second-order valence-electron chi connectivity index (χ2n) is 8.36. The Balaban J connectivity index is 1.43. The van der Waals surface area contributed by atoms with Crippen LogP contribution in [-0.4, -0.2) is 32.0 Å². The van der Waals surface area contributed by atoms with Crippen molar-refractivity contribution in [3.05, 3.63) is 54.9 Å². The number of urea groups is 1. The first-order valence-corrected chi connectivity index (χ1v) is 11.1. The van der Waals surface area contributed by atoms with Crippen molar-refractivity contribution in [1.29, 1.82) is 0 Å². The Morgan fingerprint density at radius 2 is 1.44 bits per heavy atom. The molecular formula is C25H22N6O. The number of hydrogen-bond donors (Lipinski definition) is 2. The molecule has 158 valence electrons. The summed E-state index contributed by atoms with van der Waals surface area (Å²) < 4.78 is 0. The monoisotopic (exact) mass is 422 g/mol. The third-order valence-electron chi connectivity index (χ3n) is 6.21. The van der Waals surface area contributed by atoms with Crippen molar-refractivity contribution >= 4 is 55.6 Å². The van der Waals surface area contributed by atoms with Gasteiger partial charge >= 0.3 is 6.03 Å². The highest BCUT2D eigenvalue weighted by Crippen LogP contribution is 2.32. The molecule has 0 saturated heterocycles. The van der Waals surface area contributed by atoms with E-state index in [-0.39, 0.29) is 12.1 Å².